The van der Waals surface area contributed by atoms with Gasteiger partial charge in [0.1, 0.15) is 0 Å². The summed E-state index contributed by atoms with van der Waals surface area (Å²) in [6.07, 6.45) is 2.64. The Bertz CT molecular complexity index is 263. The Balaban J connectivity index is 2.62. The molecule has 1 aliphatic heterocycles. The first-order valence-corrected chi connectivity index (χ1v) is 9.15. The quantitative estimate of drug-likeness (QED) is 0.343. The molecule has 18 heavy (non-hydrogen) atoms. The fourth-order valence-corrected chi connectivity index (χ4v) is 4.55. The Hall–Kier alpha value is -0.0505. The van der Waals surface area contributed by atoms with Crippen LogP contribution < -0.4 is 0 Å². The van der Waals surface area contributed by atoms with Gasteiger partial charge in [-0.05, 0) is 0 Å². The summed E-state index contributed by atoms with van der Waals surface area (Å²) in [5.74, 6) is 0. The van der Waals surface area contributed by atoms with Crippen LogP contribution in [0.1, 0.15) is 40.5 Å². The van der Waals surface area contributed by atoms with Crippen LogP contribution in [0.2, 0.25) is 5.32 Å². The van der Waals surface area contributed by atoms with Gasteiger partial charge in [0.05, 0.1) is 0 Å². The first kappa shape index (κ1) is 16.0. The molecular weight excluding hydrogens is 289 g/mol. The predicted octanol–water partition coefficient (Wildman–Crippen LogP) is 2.31. The maximum absolute atomic E-state index is 4.98. The fourth-order valence-electron chi connectivity index (χ4n) is 1.79. The second kappa shape index (κ2) is 7.52. The molecule has 0 aromatic carbocycles. The Morgan fingerprint density at radius 1 is 1.17 bits per heavy atom. The average Bonchev–Trinajstić information content (AvgIpc) is 2.27. The number of piperazine rings is 1. The zero-order valence-corrected chi connectivity index (χ0v) is 14.4. The standard InChI is InChI=1S/C14H29N3Se/c1-6-7-12-18-13(15-14(2,3)4)17-10-8-16(5)9-11-17/h6-12H2,1-5H3. The topological polar surface area (TPSA) is 18.8 Å². The summed E-state index contributed by atoms with van der Waals surface area (Å²) < 4.78 is 1.40. The summed E-state index contributed by atoms with van der Waals surface area (Å²) in [5, 5.41) is 1.34. The SMILES string of the molecule is CCCC[Se]C(=NC(C)(C)C)N1CCN(C)CC1. The van der Waals surface area contributed by atoms with Crippen molar-refractivity contribution in [2.24, 2.45) is 4.99 Å². The monoisotopic (exact) mass is 319 g/mol. The molecule has 1 aliphatic rings. The minimum atomic E-state index is 0.0621. The number of unbranched alkanes of at least 4 members (excludes halogenated alkanes) is 1. The summed E-state index contributed by atoms with van der Waals surface area (Å²) in [4.78, 5) is 9.92. The molecule has 0 aliphatic carbocycles. The predicted molar refractivity (Wildman–Crippen MR) is 81.7 cm³/mol. The van der Waals surface area contributed by atoms with Crippen LogP contribution >= 0.6 is 0 Å². The first-order chi connectivity index (χ1) is 8.42. The van der Waals surface area contributed by atoms with E-state index >= 15 is 0 Å². The third-order valence-electron chi connectivity index (χ3n) is 2.93. The third kappa shape index (κ3) is 6.21. The van der Waals surface area contributed by atoms with E-state index in [4.69, 9.17) is 4.99 Å². The molecule has 0 atom stereocenters. The van der Waals surface area contributed by atoms with Crippen molar-refractivity contribution in [3.63, 3.8) is 0 Å². The van der Waals surface area contributed by atoms with Crippen molar-refractivity contribution >= 4 is 19.7 Å². The number of hydrogen-bond donors (Lipinski definition) is 0. The zero-order chi connectivity index (χ0) is 13.6. The van der Waals surface area contributed by atoms with Crippen LogP contribution in [0.4, 0.5) is 0 Å². The van der Waals surface area contributed by atoms with Crippen molar-refractivity contribution in [1.29, 1.82) is 0 Å². The van der Waals surface area contributed by atoms with Crippen LogP contribution in [0.3, 0.4) is 0 Å². The molecule has 0 N–H and O–H groups in total. The van der Waals surface area contributed by atoms with Crippen molar-refractivity contribution in [1.82, 2.24) is 9.80 Å². The molecule has 1 fully saturated rings. The van der Waals surface area contributed by atoms with Crippen LogP contribution in [-0.2, 0) is 0 Å². The van der Waals surface area contributed by atoms with Crippen molar-refractivity contribution < 1.29 is 0 Å². The number of hydrogen-bond acceptors (Lipinski definition) is 2. The summed E-state index contributed by atoms with van der Waals surface area (Å²) >= 11 is 0.555. The molecule has 1 rings (SSSR count). The number of aliphatic imine (C=N–C) groups is 1. The van der Waals surface area contributed by atoms with Crippen molar-refractivity contribution in [3.8, 4) is 0 Å². The van der Waals surface area contributed by atoms with Gasteiger partial charge in [0.25, 0.3) is 0 Å². The van der Waals surface area contributed by atoms with Crippen LogP contribution in [0.15, 0.2) is 4.99 Å². The maximum atomic E-state index is 4.98. The summed E-state index contributed by atoms with van der Waals surface area (Å²) in [7, 11) is 2.21. The van der Waals surface area contributed by atoms with E-state index in [1.807, 2.05) is 0 Å². The molecular formula is C14H29N3Se. The van der Waals surface area contributed by atoms with Gasteiger partial charge in [-0.15, -0.1) is 0 Å². The molecule has 3 nitrogen and oxygen atoms in total. The molecule has 4 heteroatoms. The average molecular weight is 318 g/mol. The van der Waals surface area contributed by atoms with Gasteiger partial charge in [-0.2, -0.15) is 0 Å². The van der Waals surface area contributed by atoms with Crippen LogP contribution in [-0.4, -0.2) is 68.3 Å². The van der Waals surface area contributed by atoms with E-state index in [-0.39, 0.29) is 5.54 Å². The van der Waals surface area contributed by atoms with E-state index in [0.717, 1.165) is 13.1 Å². The summed E-state index contributed by atoms with van der Waals surface area (Å²) in [5.41, 5.74) is 0.0621. The van der Waals surface area contributed by atoms with E-state index in [9.17, 15) is 0 Å². The summed E-state index contributed by atoms with van der Waals surface area (Å²) in [6.45, 7) is 13.5. The number of amidine groups is 1. The molecule has 0 aromatic heterocycles. The Kier molecular flexibility index (Phi) is 6.68. The van der Waals surface area contributed by atoms with E-state index < -0.39 is 0 Å². The van der Waals surface area contributed by atoms with E-state index in [1.54, 1.807) is 0 Å². The molecule has 0 spiro atoms. The van der Waals surface area contributed by atoms with E-state index in [0.29, 0.717) is 15.0 Å². The molecule has 0 aromatic rings. The number of rotatable bonds is 4. The van der Waals surface area contributed by atoms with Gasteiger partial charge < -0.3 is 0 Å². The second-order valence-corrected chi connectivity index (χ2v) is 8.29. The Morgan fingerprint density at radius 2 is 1.78 bits per heavy atom. The number of nitrogens with zero attached hydrogens (tertiary/aromatic N) is 3. The van der Waals surface area contributed by atoms with Gasteiger partial charge >= 0.3 is 119 Å². The molecule has 106 valence electrons. The van der Waals surface area contributed by atoms with Crippen molar-refractivity contribution in [3.05, 3.63) is 0 Å². The molecule has 0 amide bonds. The van der Waals surface area contributed by atoms with E-state index in [2.05, 4.69) is 44.5 Å². The van der Waals surface area contributed by atoms with Gasteiger partial charge in [-0.1, -0.05) is 0 Å². The van der Waals surface area contributed by atoms with Gasteiger partial charge in [0, 0.05) is 0 Å². The van der Waals surface area contributed by atoms with Gasteiger partial charge in [0.15, 0.2) is 0 Å². The van der Waals surface area contributed by atoms with Crippen molar-refractivity contribution in [2.45, 2.75) is 51.4 Å². The number of likely N-dealkylation sites (N-methyl/N-ethyl adjacent to an activating group) is 1. The molecule has 1 heterocycles. The molecule has 0 unspecified atom stereocenters. The fraction of sp³-hybridized carbons (Fsp3) is 0.929. The van der Waals surface area contributed by atoms with Gasteiger partial charge in [-0.3, -0.25) is 0 Å². The molecule has 0 bridgehead atoms. The molecule has 1 saturated heterocycles. The van der Waals surface area contributed by atoms with Crippen LogP contribution in [0.5, 0.6) is 0 Å². The molecule has 0 radical (unpaired) electrons. The Labute approximate surface area is 119 Å². The van der Waals surface area contributed by atoms with Crippen LogP contribution in [0, 0.1) is 0 Å². The summed E-state index contributed by atoms with van der Waals surface area (Å²) in [6, 6.07) is 0. The first-order valence-electron chi connectivity index (χ1n) is 7.08. The molecule has 0 saturated carbocycles. The van der Waals surface area contributed by atoms with Gasteiger partial charge in [0.2, 0.25) is 0 Å². The van der Waals surface area contributed by atoms with Crippen LogP contribution in [0.25, 0.3) is 0 Å². The zero-order valence-electron chi connectivity index (χ0n) is 12.7. The normalized spacial score (nSPS) is 19.4. The van der Waals surface area contributed by atoms with Gasteiger partial charge in [-0.25, -0.2) is 0 Å². The minimum absolute atomic E-state index is 0.0621. The Morgan fingerprint density at radius 3 is 2.28 bits per heavy atom. The van der Waals surface area contributed by atoms with Crippen molar-refractivity contribution in [2.75, 3.05) is 33.2 Å². The van der Waals surface area contributed by atoms with E-state index in [1.165, 1.54) is 36.0 Å². The second-order valence-electron chi connectivity index (χ2n) is 6.06. The third-order valence-corrected chi connectivity index (χ3v) is 5.24.